The molecule has 2 rings (SSSR count). The first-order valence-corrected chi connectivity index (χ1v) is 8.28. The van der Waals surface area contributed by atoms with Crippen molar-refractivity contribution in [2.45, 2.75) is 13.0 Å². The van der Waals surface area contributed by atoms with E-state index >= 15 is 0 Å². The van der Waals surface area contributed by atoms with Crippen molar-refractivity contribution < 1.29 is 18.8 Å². The standard InChI is InChI=1S/C17H26N4O4/c1-19(2)7-8-21-11-12(9-15(21)22)16(23)18-10-13-5-6-14(25-13)17(24)20(3)4/h5-6,12H,7-11H2,1-4H3,(H,18,23)/t12-/m1/s1. The van der Waals surface area contributed by atoms with Crippen LogP contribution in [0.5, 0.6) is 0 Å². The number of nitrogens with zero attached hydrogens (tertiary/aromatic N) is 3. The molecule has 8 heteroatoms. The van der Waals surface area contributed by atoms with E-state index in [0.29, 0.717) is 18.8 Å². The van der Waals surface area contributed by atoms with Gasteiger partial charge in [-0.05, 0) is 26.2 Å². The Hall–Kier alpha value is -2.35. The zero-order valence-electron chi connectivity index (χ0n) is 15.2. The molecule has 1 N–H and O–H groups in total. The minimum Gasteiger partial charge on any atom is -0.454 e. The molecular formula is C17H26N4O4. The maximum Gasteiger partial charge on any atom is 0.289 e. The Morgan fingerprint density at radius 3 is 2.64 bits per heavy atom. The van der Waals surface area contributed by atoms with Crippen LogP contribution >= 0.6 is 0 Å². The minimum atomic E-state index is -0.340. The Bertz CT molecular complexity index is 638. The Balaban J connectivity index is 1.83. The van der Waals surface area contributed by atoms with Crippen molar-refractivity contribution >= 4 is 17.7 Å². The number of carbonyl (C=O) groups excluding carboxylic acids is 3. The third-order valence-electron chi connectivity index (χ3n) is 4.12. The minimum absolute atomic E-state index is 0.0128. The lowest BCUT2D eigenvalue weighted by molar-refractivity contribution is -0.129. The highest BCUT2D eigenvalue weighted by atomic mass is 16.4. The van der Waals surface area contributed by atoms with Gasteiger partial charge >= 0.3 is 0 Å². The summed E-state index contributed by atoms with van der Waals surface area (Å²) >= 11 is 0. The zero-order valence-corrected chi connectivity index (χ0v) is 15.2. The number of likely N-dealkylation sites (tertiary alicyclic amines) is 1. The van der Waals surface area contributed by atoms with Gasteiger partial charge in [0.25, 0.3) is 5.91 Å². The van der Waals surface area contributed by atoms with E-state index in [1.807, 2.05) is 19.0 Å². The molecule has 2 heterocycles. The first-order valence-electron chi connectivity index (χ1n) is 8.28. The number of rotatable bonds is 7. The van der Waals surface area contributed by atoms with E-state index < -0.39 is 0 Å². The fourth-order valence-corrected chi connectivity index (χ4v) is 2.61. The molecule has 1 aliphatic rings. The lowest BCUT2D eigenvalue weighted by Crippen LogP contribution is -2.35. The molecule has 1 saturated heterocycles. The third kappa shape index (κ3) is 5.06. The fraction of sp³-hybridized carbons (Fsp3) is 0.588. The monoisotopic (exact) mass is 350 g/mol. The largest absolute Gasteiger partial charge is 0.454 e. The molecule has 1 atom stereocenters. The molecular weight excluding hydrogens is 324 g/mol. The van der Waals surface area contributed by atoms with Gasteiger partial charge in [0.1, 0.15) is 5.76 Å². The number of hydrogen-bond donors (Lipinski definition) is 1. The van der Waals surface area contributed by atoms with E-state index in [9.17, 15) is 14.4 Å². The molecule has 8 nitrogen and oxygen atoms in total. The van der Waals surface area contributed by atoms with Crippen molar-refractivity contribution in [2.75, 3.05) is 47.8 Å². The molecule has 25 heavy (non-hydrogen) atoms. The lowest BCUT2D eigenvalue weighted by Gasteiger charge is -2.19. The highest BCUT2D eigenvalue weighted by molar-refractivity contribution is 5.91. The van der Waals surface area contributed by atoms with Gasteiger partial charge in [0.15, 0.2) is 5.76 Å². The predicted octanol–water partition coefficient (Wildman–Crippen LogP) is 0.00770. The van der Waals surface area contributed by atoms with Crippen LogP contribution in [-0.4, -0.2) is 80.2 Å². The SMILES string of the molecule is CN(C)CCN1C[C@H](C(=O)NCc2ccc(C(=O)N(C)C)o2)CC1=O. The average Bonchev–Trinajstić information content (AvgIpc) is 3.16. The van der Waals surface area contributed by atoms with Crippen LogP contribution in [0.15, 0.2) is 16.5 Å². The first-order chi connectivity index (χ1) is 11.8. The maximum absolute atomic E-state index is 12.3. The van der Waals surface area contributed by atoms with Crippen molar-refractivity contribution in [3.8, 4) is 0 Å². The van der Waals surface area contributed by atoms with E-state index in [1.165, 1.54) is 4.90 Å². The summed E-state index contributed by atoms with van der Waals surface area (Å²) in [5, 5.41) is 2.78. The molecule has 0 aliphatic carbocycles. The fourth-order valence-electron chi connectivity index (χ4n) is 2.61. The summed E-state index contributed by atoms with van der Waals surface area (Å²) in [7, 11) is 7.18. The average molecular weight is 350 g/mol. The summed E-state index contributed by atoms with van der Waals surface area (Å²) in [6.45, 7) is 2.04. The molecule has 0 aromatic carbocycles. The van der Waals surface area contributed by atoms with Gasteiger partial charge in [-0.15, -0.1) is 0 Å². The smallest absolute Gasteiger partial charge is 0.289 e. The number of furan rings is 1. The van der Waals surface area contributed by atoms with E-state index in [2.05, 4.69) is 5.32 Å². The Labute approximate surface area is 147 Å². The molecule has 0 bridgehead atoms. The van der Waals surface area contributed by atoms with Crippen LogP contribution in [0.2, 0.25) is 0 Å². The van der Waals surface area contributed by atoms with Gasteiger partial charge in [0, 0.05) is 40.2 Å². The van der Waals surface area contributed by atoms with Crippen LogP contribution in [0.25, 0.3) is 0 Å². The first kappa shape index (κ1) is 19.0. The highest BCUT2D eigenvalue weighted by Gasteiger charge is 2.33. The molecule has 1 aliphatic heterocycles. The van der Waals surface area contributed by atoms with Crippen molar-refractivity contribution in [1.29, 1.82) is 0 Å². The van der Waals surface area contributed by atoms with Gasteiger partial charge in [0.2, 0.25) is 11.8 Å². The molecule has 3 amide bonds. The number of nitrogens with one attached hydrogen (secondary N) is 1. The van der Waals surface area contributed by atoms with E-state index in [1.54, 1.807) is 31.1 Å². The van der Waals surface area contributed by atoms with Crippen LogP contribution in [0.3, 0.4) is 0 Å². The van der Waals surface area contributed by atoms with Crippen LogP contribution < -0.4 is 5.32 Å². The Morgan fingerprint density at radius 2 is 2.00 bits per heavy atom. The number of carbonyl (C=O) groups is 3. The maximum atomic E-state index is 12.3. The van der Waals surface area contributed by atoms with E-state index in [-0.39, 0.29) is 42.4 Å². The molecule has 0 spiro atoms. The summed E-state index contributed by atoms with van der Waals surface area (Å²) in [6, 6.07) is 3.26. The lowest BCUT2D eigenvalue weighted by atomic mass is 10.1. The molecule has 1 fully saturated rings. The summed E-state index contributed by atoms with van der Waals surface area (Å²) in [5.41, 5.74) is 0. The molecule has 0 unspecified atom stereocenters. The normalized spacial score (nSPS) is 17.2. The second-order valence-corrected chi connectivity index (χ2v) is 6.73. The van der Waals surface area contributed by atoms with Crippen LogP contribution in [0.1, 0.15) is 22.7 Å². The topological polar surface area (TPSA) is 86.1 Å². The van der Waals surface area contributed by atoms with Gasteiger partial charge in [-0.25, -0.2) is 0 Å². The molecule has 138 valence electrons. The van der Waals surface area contributed by atoms with Crippen molar-refractivity contribution in [2.24, 2.45) is 5.92 Å². The Kier molecular flexibility index (Phi) is 6.19. The van der Waals surface area contributed by atoms with Gasteiger partial charge in [0.05, 0.1) is 12.5 Å². The van der Waals surface area contributed by atoms with E-state index in [0.717, 1.165) is 6.54 Å². The van der Waals surface area contributed by atoms with Crippen LogP contribution in [0, 0.1) is 5.92 Å². The predicted molar refractivity (Wildman–Crippen MR) is 91.8 cm³/mol. The van der Waals surface area contributed by atoms with Gasteiger partial charge in [-0.3, -0.25) is 14.4 Å². The summed E-state index contributed by atoms with van der Waals surface area (Å²) < 4.78 is 5.44. The van der Waals surface area contributed by atoms with Crippen molar-refractivity contribution in [3.05, 3.63) is 23.7 Å². The molecule has 0 saturated carbocycles. The van der Waals surface area contributed by atoms with Crippen molar-refractivity contribution in [1.82, 2.24) is 20.0 Å². The second kappa shape index (κ2) is 8.15. The number of amides is 3. The summed E-state index contributed by atoms with van der Waals surface area (Å²) in [4.78, 5) is 41.2. The molecule has 1 aromatic rings. The summed E-state index contributed by atoms with van der Waals surface area (Å²) in [5.74, 6) is 0.0203. The number of hydrogen-bond acceptors (Lipinski definition) is 5. The van der Waals surface area contributed by atoms with Gasteiger partial charge < -0.3 is 24.4 Å². The van der Waals surface area contributed by atoms with Crippen LogP contribution in [-0.2, 0) is 16.1 Å². The third-order valence-corrected chi connectivity index (χ3v) is 4.12. The number of likely N-dealkylation sites (N-methyl/N-ethyl adjacent to an activating group) is 1. The molecule has 0 radical (unpaired) electrons. The summed E-state index contributed by atoms with van der Waals surface area (Å²) in [6.07, 6.45) is 0.238. The van der Waals surface area contributed by atoms with Crippen LogP contribution in [0.4, 0.5) is 0 Å². The second-order valence-electron chi connectivity index (χ2n) is 6.73. The van der Waals surface area contributed by atoms with Gasteiger partial charge in [-0.2, -0.15) is 0 Å². The zero-order chi connectivity index (χ0) is 18.6. The molecule has 1 aromatic heterocycles. The van der Waals surface area contributed by atoms with E-state index in [4.69, 9.17) is 4.42 Å². The quantitative estimate of drug-likeness (QED) is 0.749. The van der Waals surface area contributed by atoms with Crippen molar-refractivity contribution in [3.63, 3.8) is 0 Å². The Morgan fingerprint density at radius 1 is 1.28 bits per heavy atom. The highest BCUT2D eigenvalue weighted by Crippen LogP contribution is 2.18. The van der Waals surface area contributed by atoms with Gasteiger partial charge in [-0.1, -0.05) is 0 Å².